The van der Waals surface area contributed by atoms with Crippen LogP contribution in [0.15, 0.2) is 18.2 Å². The lowest BCUT2D eigenvalue weighted by molar-refractivity contribution is -0.384. The minimum atomic E-state index is -0.645. The second-order valence-corrected chi connectivity index (χ2v) is 4.45. The number of carbonyl (C=O) groups excluding carboxylic acids is 1. The molecule has 1 fully saturated rings. The zero-order valence-electron chi connectivity index (χ0n) is 10.2. The average molecular weight is 267 g/mol. The van der Waals surface area contributed by atoms with E-state index in [0.717, 1.165) is 37.6 Å². The molecule has 2 rings (SSSR count). The first-order valence-corrected chi connectivity index (χ1v) is 6.03. The van der Waals surface area contributed by atoms with Crippen molar-refractivity contribution in [3.8, 4) is 0 Å². The van der Waals surface area contributed by atoms with Crippen molar-refractivity contribution in [2.75, 3.05) is 18.4 Å². The highest BCUT2D eigenvalue weighted by Crippen LogP contribution is 2.26. The number of benzene rings is 1. The van der Waals surface area contributed by atoms with Gasteiger partial charge in [-0.3, -0.25) is 14.9 Å². The molecule has 1 aromatic rings. The summed E-state index contributed by atoms with van der Waals surface area (Å²) in [6.45, 7) is 1.40. The molecule has 19 heavy (non-hydrogen) atoms. The van der Waals surface area contributed by atoms with Crippen molar-refractivity contribution < 1.29 is 14.1 Å². The Labute approximate surface area is 109 Å². The Morgan fingerprint density at radius 1 is 1.53 bits per heavy atom. The fraction of sp³-hybridized carbons (Fsp3) is 0.417. The molecular weight excluding hydrogens is 253 g/mol. The quantitative estimate of drug-likeness (QED) is 0.644. The molecule has 102 valence electrons. The number of anilines is 1. The van der Waals surface area contributed by atoms with Crippen LogP contribution < -0.4 is 10.6 Å². The van der Waals surface area contributed by atoms with Crippen LogP contribution in [0.4, 0.5) is 15.8 Å². The largest absolute Gasteiger partial charge is 0.320 e. The molecule has 7 heteroatoms. The summed E-state index contributed by atoms with van der Waals surface area (Å²) in [4.78, 5) is 22.1. The Hall–Kier alpha value is -2.02. The maximum atomic E-state index is 13.1. The molecular formula is C12H14FN3O3. The van der Waals surface area contributed by atoms with Crippen LogP contribution >= 0.6 is 0 Å². The van der Waals surface area contributed by atoms with Gasteiger partial charge in [-0.15, -0.1) is 0 Å². The minimum absolute atomic E-state index is 0.0967. The number of rotatable bonds is 3. The fourth-order valence-electron chi connectivity index (χ4n) is 2.08. The van der Waals surface area contributed by atoms with Crippen LogP contribution in [0.1, 0.15) is 12.8 Å². The summed E-state index contributed by atoms with van der Waals surface area (Å²) < 4.78 is 13.1. The van der Waals surface area contributed by atoms with E-state index in [-0.39, 0.29) is 23.2 Å². The van der Waals surface area contributed by atoms with E-state index in [0.29, 0.717) is 6.54 Å². The third-order valence-electron chi connectivity index (χ3n) is 3.08. The molecule has 1 aliphatic heterocycles. The Kier molecular flexibility index (Phi) is 4.06. The van der Waals surface area contributed by atoms with E-state index in [1.807, 2.05) is 0 Å². The van der Waals surface area contributed by atoms with E-state index in [1.54, 1.807) is 0 Å². The summed E-state index contributed by atoms with van der Waals surface area (Å²) in [6, 6.07) is 3.01. The van der Waals surface area contributed by atoms with Gasteiger partial charge in [-0.2, -0.15) is 0 Å². The van der Waals surface area contributed by atoms with Crippen LogP contribution in [0, 0.1) is 21.8 Å². The van der Waals surface area contributed by atoms with Crippen molar-refractivity contribution in [1.82, 2.24) is 5.32 Å². The monoisotopic (exact) mass is 267 g/mol. The number of halogens is 1. The van der Waals surface area contributed by atoms with Crippen LogP contribution in [0.25, 0.3) is 0 Å². The maximum absolute atomic E-state index is 13.1. The summed E-state index contributed by atoms with van der Waals surface area (Å²) in [5, 5.41) is 16.3. The average Bonchev–Trinajstić information content (AvgIpc) is 2.39. The van der Waals surface area contributed by atoms with Crippen molar-refractivity contribution in [2.24, 2.45) is 5.92 Å². The van der Waals surface area contributed by atoms with Crippen molar-refractivity contribution in [3.63, 3.8) is 0 Å². The SMILES string of the molecule is O=C(Nc1cc(F)ccc1[N+](=O)[O-])[C@H]1CCCNC1. The van der Waals surface area contributed by atoms with Crippen molar-refractivity contribution >= 4 is 17.3 Å². The molecule has 1 heterocycles. The first kappa shape index (κ1) is 13.4. The van der Waals surface area contributed by atoms with Crippen LogP contribution in [0.2, 0.25) is 0 Å². The van der Waals surface area contributed by atoms with Gasteiger partial charge in [0.2, 0.25) is 5.91 Å². The van der Waals surface area contributed by atoms with Crippen LogP contribution in [-0.4, -0.2) is 23.9 Å². The van der Waals surface area contributed by atoms with Gasteiger partial charge in [0.15, 0.2) is 0 Å². The third-order valence-corrected chi connectivity index (χ3v) is 3.08. The Balaban J connectivity index is 2.15. The Morgan fingerprint density at radius 3 is 2.95 bits per heavy atom. The minimum Gasteiger partial charge on any atom is -0.320 e. The first-order valence-electron chi connectivity index (χ1n) is 6.03. The van der Waals surface area contributed by atoms with Crippen molar-refractivity contribution in [1.29, 1.82) is 0 Å². The van der Waals surface area contributed by atoms with Gasteiger partial charge in [0.05, 0.1) is 10.8 Å². The van der Waals surface area contributed by atoms with Gasteiger partial charge in [0.25, 0.3) is 5.69 Å². The normalized spacial score (nSPS) is 18.9. The van der Waals surface area contributed by atoms with Gasteiger partial charge in [-0.1, -0.05) is 0 Å². The van der Waals surface area contributed by atoms with E-state index < -0.39 is 10.7 Å². The molecule has 0 bridgehead atoms. The standard InChI is InChI=1S/C12H14FN3O3/c13-9-3-4-11(16(18)19)10(6-9)15-12(17)8-2-1-5-14-7-8/h3-4,6,8,14H,1-2,5,7H2,(H,15,17)/t8-/m0/s1. The zero-order valence-corrected chi connectivity index (χ0v) is 10.2. The number of amides is 1. The molecule has 6 nitrogen and oxygen atoms in total. The predicted molar refractivity (Wildman–Crippen MR) is 67.3 cm³/mol. The van der Waals surface area contributed by atoms with E-state index in [1.165, 1.54) is 0 Å². The smallest absolute Gasteiger partial charge is 0.292 e. The lowest BCUT2D eigenvalue weighted by Crippen LogP contribution is -2.37. The van der Waals surface area contributed by atoms with Crippen LogP contribution in [-0.2, 0) is 4.79 Å². The highest BCUT2D eigenvalue weighted by atomic mass is 19.1. The number of nitrogens with one attached hydrogen (secondary N) is 2. The molecule has 0 aromatic heterocycles. The number of nitro groups is 1. The van der Waals surface area contributed by atoms with E-state index in [4.69, 9.17) is 0 Å². The molecule has 0 radical (unpaired) electrons. The number of hydrogen-bond donors (Lipinski definition) is 2. The highest BCUT2D eigenvalue weighted by molar-refractivity contribution is 5.94. The molecule has 2 N–H and O–H groups in total. The van der Waals surface area contributed by atoms with Gasteiger partial charge in [0, 0.05) is 18.7 Å². The van der Waals surface area contributed by atoms with Crippen LogP contribution in [0.5, 0.6) is 0 Å². The zero-order chi connectivity index (χ0) is 13.8. The molecule has 0 spiro atoms. The van der Waals surface area contributed by atoms with Crippen LogP contribution in [0.3, 0.4) is 0 Å². The molecule has 1 amide bonds. The summed E-state index contributed by atoms with van der Waals surface area (Å²) >= 11 is 0. The summed E-state index contributed by atoms with van der Waals surface area (Å²) in [6.07, 6.45) is 1.60. The molecule has 1 saturated heterocycles. The Bertz CT molecular complexity index is 501. The third kappa shape index (κ3) is 3.25. The highest BCUT2D eigenvalue weighted by Gasteiger charge is 2.23. The number of carbonyl (C=O) groups is 1. The van der Waals surface area contributed by atoms with E-state index >= 15 is 0 Å². The predicted octanol–water partition coefficient (Wildman–Crippen LogP) is 1.67. The van der Waals surface area contributed by atoms with Gasteiger partial charge in [-0.05, 0) is 25.5 Å². The lowest BCUT2D eigenvalue weighted by atomic mass is 9.99. The van der Waals surface area contributed by atoms with E-state index in [2.05, 4.69) is 10.6 Å². The summed E-state index contributed by atoms with van der Waals surface area (Å²) in [5.41, 5.74) is -0.404. The van der Waals surface area contributed by atoms with Gasteiger partial charge in [0.1, 0.15) is 11.5 Å². The number of hydrogen-bond acceptors (Lipinski definition) is 4. The number of nitrogens with zero attached hydrogens (tertiary/aromatic N) is 1. The second kappa shape index (κ2) is 5.75. The number of piperidine rings is 1. The second-order valence-electron chi connectivity index (χ2n) is 4.45. The summed E-state index contributed by atoms with van der Waals surface area (Å²) in [5.74, 6) is -1.18. The van der Waals surface area contributed by atoms with Gasteiger partial charge >= 0.3 is 0 Å². The lowest BCUT2D eigenvalue weighted by Gasteiger charge is -2.21. The van der Waals surface area contributed by atoms with E-state index in [9.17, 15) is 19.3 Å². The fourth-order valence-corrected chi connectivity index (χ4v) is 2.08. The molecule has 0 unspecified atom stereocenters. The number of nitro benzene ring substituents is 1. The Morgan fingerprint density at radius 2 is 2.32 bits per heavy atom. The van der Waals surface area contributed by atoms with Crippen molar-refractivity contribution in [2.45, 2.75) is 12.8 Å². The van der Waals surface area contributed by atoms with Gasteiger partial charge in [-0.25, -0.2) is 4.39 Å². The molecule has 1 aromatic carbocycles. The molecule has 1 atom stereocenters. The van der Waals surface area contributed by atoms with Crippen molar-refractivity contribution in [3.05, 3.63) is 34.1 Å². The summed E-state index contributed by atoms with van der Waals surface area (Å²) in [7, 11) is 0. The maximum Gasteiger partial charge on any atom is 0.292 e. The topological polar surface area (TPSA) is 84.3 Å². The van der Waals surface area contributed by atoms with Gasteiger partial charge < -0.3 is 10.6 Å². The molecule has 0 aliphatic carbocycles. The first-order chi connectivity index (χ1) is 9.08. The molecule has 0 saturated carbocycles. The molecule has 1 aliphatic rings.